The summed E-state index contributed by atoms with van der Waals surface area (Å²) in [6.07, 6.45) is 2.56. The minimum Gasteiger partial charge on any atom is -0.382 e. The van der Waals surface area contributed by atoms with Gasteiger partial charge >= 0.3 is 23.0 Å². The Morgan fingerprint density at radius 3 is 2.55 bits per heavy atom. The maximum atomic E-state index is 12.0. The van der Waals surface area contributed by atoms with Gasteiger partial charge in [-0.2, -0.15) is 0 Å². The maximum Gasteiger partial charge on any atom is 0.476 e. The molecule has 0 aromatic carbocycles. The van der Waals surface area contributed by atoms with Crippen LogP contribution in [0.4, 0.5) is 5.82 Å². The molecule has 0 bridgehead atoms. The lowest BCUT2D eigenvalue weighted by Gasteiger charge is -2.19. The third kappa shape index (κ3) is 5.89. The first-order valence-electron chi connectivity index (χ1n) is 7.99. The molecule has 162 valence electrons. The van der Waals surface area contributed by atoms with E-state index in [1.165, 1.54) is 12.7 Å². The molecule has 0 aliphatic carbocycles. The van der Waals surface area contributed by atoms with Gasteiger partial charge in [0.25, 0.3) is 0 Å². The number of hydrogen-bond donors (Lipinski definition) is 5. The molecule has 1 aliphatic rings. The van der Waals surface area contributed by atoms with E-state index in [4.69, 9.17) is 24.8 Å². The van der Waals surface area contributed by atoms with Crippen molar-refractivity contribution in [3.8, 4) is 0 Å². The number of phosphoric acid groups is 1. The molecule has 29 heavy (non-hydrogen) atoms. The highest BCUT2D eigenvalue weighted by Crippen LogP contribution is 2.64. The van der Waals surface area contributed by atoms with Crippen molar-refractivity contribution in [3.05, 3.63) is 12.7 Å². The Morgan fingerprint density at radius 2 is 1.86 bits per heavy atom. The summed E-state index contributed by atoms with van der Waals surface area (Å²) in [6, 6.07) is 0. The molecule has 1 saturated heterocycles. The Labute approximate surface area is 163 Å². The lowest BCUT2D eigenvalue weighted by molar-refractivity contribution is -0.0173. The summed E-state index contributed by atoms with van der Waals surface area (Å²) in [5.74, 6) is -1.28. The molecule has 0 amide bonds. The summed E-state index contributed by atoms with van der Waals surface area (Å²) < 4.78 is 50.0. The molecular weight excluding hydrogens is 455 g/mol. The van der Waals surface area contributed by atoms with E-state index >= 15 is 0 Å². The van der Waals surface area contributed by atoms with Crippen molar-refractivity contribution in [1.29, 1.82) is 0 Å². The zero-order chi connectivity index (χ0) is 21.4. The number of fused-ring (bicyclic) bond motifs is 1. The number of hydrogen-bond acceptors (Lipinski definition) is 10. The first-order chi connectivity index (χ1) is 13.4. The quantitative estimate of drug-likeness (QED) is 0.330. The number of imidazole rings is 1. The third-order valence-corrected chi connectivity index (χ3v) is 9.12. The molecule has 3 rings (SSSR count). The SMILES string of the molecule is Nc1ncnc2c1ncn2C1CCC(COP(=O)(O)CP(=O)(O)OP(=O)(O)O)O1. The van der Waals surface area contributed by atoms with Crippen molar-refractivity contribution in [3.63, 3.8) is 0 Å². The molecule has 1 aliphatic heterocycles. The molecule has 2 aromatic rings. The van der Waals surface area contributed by atoms with Crippen LogP contribution in [0.15, 0.2) is 12.7 Å². The molecule has 0 radical (unpaired) electrons. The van der Waals surface area contributed by atoms with Crippen molar-refractivity contribution in [2.24, 2.45) is 0 Å². The number of nitrogens with zero attached hydrogens (tertiary/aromatic N) is 4. The molecule has 4 atom stereocenters. The fraction of sp³-hybridized carbons (Fsp3) is 0.545. The van der Waals surface area contributed by atoms with E-state index in [1.807, 2.05) is 0 Å². The van der Waals surface area contributed by atoms with Crippen molar-refractivity contribution < 1.29 is 46.8 Å². The van der Waals surface area contributed by atoms with Gasteiger partial charge in [0.05, 0.1) is 19.0 Å². The largest absolute Gasteiger partial charge is 0.476 e. The van der Waals surface area contributed by atoms with Crippen LogP contribution in [0.5, 0.6) is 0 Å². The van der Waals surface area contributed by atoms with Crippen LogP contribution in [0.25, 0.3) is 11.2 Å². The van der Waals surface area contributed by atoms with E-state index in [2.05, 4.69) is 19.3 Å². The van der Waals surface area contributed by atoms with Crippen LogP contribution in [0, 0.1) is 0 Å². The molecule has 6 N–H and O–H groups in total. The van der Waals surface area contributed by atoms with E-state index < -0.39 is 47.9 Å². The van der Waals surface area contributed by atoms with Gasteiger partial charge in [0, 0.05) is 0 Å². The highest BCUT2D eigenvalue weighted by Gasteiger charge is 2.40. The Balaban J connectivity index is 1.58. The zero-order valence-electron chi connectivity index (χ0n) is 14.6. The molecule has 4 unspecified atom stereocenters. The molecular formula is C11H18N5O10P3. The standard InChI is InChI=1S/C11H18N5O10P3/c12-10-9-11(14-4-13-10)16(5-15-9)8-2-1-7(25-8)3-24-27(17,18)6-28(19,20)26-29(21,22)23/h4-5,7-8H,1-3,6H2,(H,17,18)(H,19,20)(H2,12,13,14)(H2,21,22,23). The van der Waals surface area contributed by atoms with Gasteiger partial charge in [-0.05, 0) is 12.8 Å². The fourth-order valence-corrected chi connectivity index (χ4v) is 7.29. The summed E-state index contributed by atoms with van der Waals surface area (Å²) in [7, 11) is -15.1. The number of aromatic nitrogens is 4. The van der Waals surface area contributed by atoms with Crippen molar-refractivity contribution in [2.75, 3.05) is 18.2 Å². The lowest BCUT2D eigenvalue weighted by atomic mass is 10.2. The second-order valence-electron chi connectivity index (χ2n) is 6.16. The van der Waals surface area contributed by atoms with Crippen LogP contribution >= 0.6 is 23.0 Å². The topological polar surface area (TPSA) is 229 Å². The van der Waals surface area contributed by atoms with Gasteiger partial charge < -0.3 is 34.6 Å². The van der Waals surface area contributed by atoms with Gasteiger partial charge in [0.1, 0.15) is 18.1 Å². The van der Waals surface area contributed by atoms with Crippen LogP contribution in [-0.4, -0.2) is 57.7 Å². The Hall–Kier alpha value is -1.24. The van der Waals surface area contributed by atoms with Crippen molar-refractivity contribution in [1.82, 2.24) is 19.5 Å². The number of rotatable bonds is 8. The Kier molecular flexibility index (Phi) is 6.29. The number of anilines is 1. The first kappa shape index (κ1) is 22.4. The normalized spacial score (nSPS) is 24.4. The Morgan fingerprint density at radius 1 is 1.14 bits per heavy atom. The predicted octanol–water partition coefficient (Wildman–Crippen LogP) is 0.540. The van der Waals surface area contributed by atoms with E-state index in [1.54, 1.807) is 4.57 Å². The van der Waals surface area contributed by atoms with Crippen LogP contribution in [-0.2, 0) is 27.3 Å². The molecule has 0 spiro atoms. The molecule has 3 heterocycles. The smallest absolute Gasteiger partial charge is 0.382 e. The highest BCUT2D eigenvalue weighted by atomic mass is 31.3. The monoisotopic (exact) mass is 473 g/mol. The molecule has 2 aromatic heterocycles. The number of ether oxygens (including phenoxy) is 1. The fourth-order valence-electron chi connectivity index (χ4n) is 2.75. The number of nitrogen functional groups attached to an aromatic ring is 1. The summed E-state index contributed by atoms with van der Waals surface area (Å²) in [4.78, 5) is 48.2. The minimum absolute atomic E-state index is 0.207. The minimum atomic E-state index is -5.33. The summed E-state index contributed by atoms with van der Waals surface area (Å²) in [6.45, 7) is -0.399. The summed E-state index contributed by atoms with van der Waals surface area (Å²) in [5, 5.41) is 0. The van der Waals surface area contributed by atoms with Crippen LogP contribution < -0.4 is 5.73 Å². The van der Waals surface area contributed by atoms with Crippen LogP contribution in [0.3, 0.4) is 0 Å². The van der Waals surface area contributed by atoms with Crippen molar-refractivity contribution in [2.45, 2.75) is 25.2 Å². The number of nitrogens with two attached hydrogens (primary N) is 1. The predicted molar refractivity (Wildman–Crippen MR) is 96.5 cm³/mol. The van der Waals surface area contributed by atoms with Gasteiger partial charge in [0.15, 0.2) is 17.4 Å². The summed E-state index contributed by atoms with van der Waals surface area (Å²) in [5.41, 5.74) is 6.58. The van der Waals surface area contributed by atoms with E-state index in [0.29, 0.717) is 24.0 Å². The van der Waals surface area contributed by atoms with Gasteiger partial charge in [-0.1, -0.05) is 0 Å². The van der Waals surface area contributed by atoms with Gasteiger partial charge in [0.2, 0.25) is 0 Å². The molecule has 1 fully saturated rings. The van der Waals surface area contributed by atoms with E-state index in [0.717, 1.165) is 0 Å². The average Bonchev–Trinajstić information content (AvgIpc) is 3.16. The molecule has 18 heteroatoms. The van der Waals surface area contributed by atoms with Gasteiger partial charge in [-0.3, -0.25) is 13.7 Å². The van der Waals surface area contributed by atoms with E-state index in [9.17, 15) is 23.5 Å². The van der Waals surface area contributed by atoms with Gasteiger partial charge in [-0.25, -0.2) is 23.8 Å². The lowest BCUT2D eigenvalue weighted by Crippen LogP contribution is -2.16. The molecule has 0 saturated carbocycles. The second-order valence-corrected chi connectivity index (χ2v) is 11.7. The molecule has 15 nitrogen and oxygen atoms in total. The van der Waals surface area contributed by atoms with Crippen LogP contribution in [0.2, 0.25) is 0 Å². The first-order valence-corrected chi connectivity index (χ1v) is 13.0. The second kappa shape index (κ2) is 8.12. The third-order valence-electron chi connectivity index (χ3n) is 3.84. The zero-order valence-corrected chi connectivity index (χ0v) is 17.3. The maximum absolute atomic E-state index is 12.0. The highest BCUT2D eigenvalue weighted by molar-refractivity contribution is 7.74. The van der Waals surface area contributed by atoms with Crippen molar-refractivity contribution >= 4 is 40.0 Å². The van der Waals surface area contributed by atoms with Gasteiger partial charge in [-0.15, -0.1) is 0 Å². The average molecular weight is 473 g/mol. The Bertz CT molecular complexity index is 1040. The van der Waals surface area contributed by atoms with Crippen LogP contribution in [0.1, 0.15) is 19.1 Å². The summed E-state index contributed by atoms with van der Waals surface area (Å²) >= 11 is 0. The van der Waals surface area contributed by atoms with E-state index in [-0.39, 0.29) is 5.82 Å².